The topological polar surface area (TPSA) is 40.5 Å². The van der Waals surface area contributed by atoms with E-state index in [1.807, 2.05) is 35.2 Å². The van der Waals surface area contributed by atoms with Gasteiger partial charge in [0, 0.05) is 25.6 Å². The summed E-state index contributed by atoms with van der Waals surface area (Å²) in [7, 11) is 0. The Bertz CT molecular complexity index is 350. The van der Waals surface area contributed by atoms with Crippen LogP contribution in [0.1, 0.15) is 24.8 Å². The molecule has 1 atom stereocenters. The fourth-order valence-corrected chi connectivity index (χ4v) is 2.24. The van der Waals surface area contributed by atoms with Crippen LogP contribution in [0.4, 0.5) is 0 Å². The van der Waals surface area contributed by atoms with E-state index < -0.39 is 0 Å². The number of aliphatic hydroxyl groups excluding tert-OH is 1. The minimum Gasteiger partial charge on any atom is -0.396 e. The molecule has 0 spiro atoms. The molecule has 1 aliphatic heterocycles. The van der Waals surface area contributed by atoms with Gasteiger partial charge in [0.2, 0.25) is 5.91 Å². The van der Waals surface area contributed by atoms with Crippen LogP contribution in [0.25, 0.3) is 0 Å². The number of carbonyl (C=O) groups is 1. The second-order valence-corrected chi connectivity index (χ2v) is 4.21. The van der Waals surface area contributed by atoms with Gasteiger partial charge in [-0.05, 0) is 18.4 Å². The average molecular weight is 219 g/mol. The Morgan fingerprint density at radius 3 is 2.75 bits per heavy atom. The first-order chi connectivity index (χ1) is 7.81. The first-order valence-corrected chi connectivity index (χ1v) is 5.75. The molecule has 3 heteroatoms. The Balaban J connectivity index is 2.04. The number of hydrogen-bond donors (Lipinski definition) is 1. The van der Waals surface area contributed by atoms with Crippen molar-refractivity contribution in [1.29, 1.82) is 0 Å². The van der Waals surface area contributed by atoms with Gasteiger partial charge in [-0.15, -0.1) is 0 Å². The highest BCUT2D eigenvalue weighted by Crippen LogP contribution is 2.23. The van der Waals surface area contributed by atoms with Crippen molar-refractivity contribution in [2.24, 2.45) is 0 Å². The monoisotopic (exact) mass is 219 g/mol. The fraction of sp³-hybridized carbons (Fsp3) is 0.462. The van der Waals surface area contributed by atoms with E-state index in [2.05, 4.69) is 0 Å². The van der Waals surface area contributed by atoms with Crippen LogP contribution in [-0.2, 0) is 11.3 Å². The Kier molecular flexibility index (Phi) is 3.57. The summed E-state index contributed by atoms with van der Waals surface area (Å²) >= 11 is 0. The maximum Gasteiger partial charge on any atom is 0.223 e. The average Bonchev–Trinajstić information content (AvgIpc) is 2.64. The zero-order valence-electron chi connectivity index (χ0n) is 9.30. The molecule has 1 amide bonds. The molecule has 1 saturated heterocycles. The van der Waals surface area contributed by atoms with Crippen molar-refractivity contribution in [3.63, 3.8) is 0 Å². The predicted octanol–water partition coefficient (Wildman–Crippen LogP) is 1.56. The maximum absolute atomic E-state index is 11.7. The molecule has 0 bridgehead atoms. The Hall–Kier alpha value is -1.35. The van der Waals surface area contributed by atoms with Crippen LogP contribution in [0.2, 0.25) is 0 Å². The molecular weight excluding hydrogens is 202 g/mol. The maximum atomic E-state index is 11.7. The summed E-state index contributed by atoms with van der Waals surface area (Å²) in [4.78, 5) is 13.6. The molecule has 1 aliphatic rings. The third-order valence-corrected chi connectivity index (χ3v) is 3.11. The van der Waals surface area contributed by atoms with Crippen LogP contribution in [0.3, 0.4) is 0 Å². The van der Waals surface area contributed by atoms with Gasteiger partial charge in [0.1, 0.15) is 0 Å². The lowest BCUT2D eigenvalue weighted by molar-refractivity contribution is -0.129. The van der Waals surface area contributed by atoms with Gasteiger partial charge in [-0.1, -0.05) is 30.3 Å². The van der Waals surface area contributed by atoms with Crippen molar-refractivity contribution >= 4 is 5.91 Å². The molecule has 1 aromatic carbocycles. The molecule has 3 nitrogen and oxygen atoms in total. The second kappa shape index (κ2) is 5.12. The van der Waals surface area contributed by atoms with Crippen molar-refractivity contribution in [1.82, 2.24) is 4.90 Å². The SMILES string of the molecule is O=C1CC[C@@H](CCO)N1Cc1ccccc1. The Labute approximate surface area is 95.7 Å². The summed E-state index contributed by atoms with van der Waals surface area (Å²) < 4.78 is 0. The van der Waals surface area contributed by atoms with Gasteiger partial charge in [0.05, 0.1) is 0 Å². The number of carbonyl (C=O) groups excluding carboxylic acids is 1. The number of hydrogen-bond acceptors (Lipinski definition) is 2. The molecule has 1 N–H and O–H groups in total. The minimum absolute atomic E-state index is 0.156. The molecule has 1 heterocycles. The van der Waals surface area contributed by atoms with Crippen LogP contribution in [-0.4, -0.2) is 28.6 Å². The molecular formula is C13H17NO2. The van der Waals surface area contributed by atoms with Crippen molar-refractivity contribution in [2.45, 2.75) is 31.8 Å². The second-order valence-electron chi connectivity index (χ2n) is 4.21. The number of amides is 1. The molecule has 1 fully saturated rings. The molecule has 0 saturated carbocycles. The van der Waals surface area contributed by atoms with Crippen LogP contribution in [0.5, 0.6) is 0 Å². The van der Waals surface area contributed by atoms with Crippen molar-refractivity contribution < 1.29 is 9.90 Å². The van der Waals surface area contributed by atoms with E-state index in [4.69, 9.17) is 5.11 Å². The van der Waals surface area contributed by atoms with E-state index in [-0.39, 0.29) is 18.6 Å². The smallest absolute Gasteiger partial charge is 0.223 e. The number of rotatable bonds is 4. The predicted molar refractivity (Wildman–Crippen MR) is 61.7 cm³/mol. The lowest BCUT2D eigenvalue weighted by atomic mass is 10.1. The zero-order chi connectivity index (χ0) is 11.4. The van der Waals surface area contributed by atoms with E-state index in [1.165, 1.54) is 0 Å². The van der Waals surface area contributed by atoms with Gasteiger partial charge in [0.25, 0.3) is 0 Å². The summed E-state index contributed by atoms with van der Waals surface area (Å²) in [6, 6.07) is 10.2. The van der Waals surface area contributed by atoms with E-state index in [0.717, 1.165) is 12.0 Å². The molecule has 0 aromatic heterocycles. The van der Waals surface area contributed by atoms with Gasteiger partial charge < -0.3 is 10.0 Å². The summed E-state index contributed by atoms with van der Waals surface area (Å²) in [6.07, 6.45) is 2.20. The molecule has 1 aromatic rings. The van der Waals surface area contributed by atoms with Crippen molar-refractivity contribution in [3.05, 3.63) is 35.9 Å². The summed E-state index contributed by atoms with van der Waals surface area (Å²) in [5.41, 5.74) is 1.15. The summed E-state index contributed by atoms with van der Waals surface area (Å²) in [5.74, 6) is 0.210. The van der Waals surface area contributed by atoms with E-state index in [1.54, 1.807) is 0 Å². The van der Waals surface area contributed by atoms with E-state index >= 15 is 0 Å². The van der Waals surface area contributed by atoms with E-state index in [0.29, 0.717) is 19.4 Å². The van der Waals surface area contributed by atoms with Crippen molar-refractivity contribution in [3.8, 4) is 0 Å². The lowest BCUT2D eigenvalue weighted by Gasteiger charge is -2.24. The standard InChI is InChI=1S/C13H17NO2/c15-9-8-12-6-7-13(16)14(12)10-11-4-2-1-3-5-11/h1-5,12,15H,6-10H2/t12-/m0/s1. The summed E-state index contributed by atoms with van der Waals surface area (Å²) in [5, 5.41) is 8.96. The Morgan fingerprint density at radius 2 is 2.06 bits per heavy atom. The Morgan fingerprint density at radius 1 is 1.31 bits per heavy atom. The molecule has 0 unspecified atom stereocenters. The first-order valence-electron chi connectivity index (χ1n) is 5.75. The number of nitrogens with zero attached hydrogens (tertiary/aromatic N) is 1. The van der Waals surface area contributed by atoms with Gasteiger partial charge in [0.15, 0.2) is 0 Å². The van der Waals surface area contributed by atoms with E-state index in [9.17, 15) is 4.79 Å². The molecule has 86 valence electrons. The van der Waals surface area contributed by atoms with Crippen LogP contribution in [0, 0.1) is 0 Å². The fourth-order valence-electron chi connectivity index (χ4n) is 2.24. The highest BCUT2D eigenvalue weighted by Gasteiger charge is 2.29. The first kappa shape index (κ1) is 11.1. The molecule has 16 heavy (non-hydrogen) atoms. The highest BCUT2D eigenvalue weighted by molar-refractivity contribution is 5.78. The highest BCUT2D eigenvalue weighted by atomic mass is 16.3. The van der Waals surface area contributed by atoms with Gasteiger partial charge >= 0.3 is 0 Å². The number of aliphatic hydroxyl groups is 1. The minimum atomic E-state index is 0.156. The molecule has 0 radical (unpaired) electrons. The third-order valence-electron chi connectivity index (χ3n) is 3.11. The van der Waals surface area contributed by atoms with Crippen LogP contribution < -0.4 is 0 Å². The lowest BCUT2D eigenvalue weighted by Crippen LogP contribution is -2.33. The molecule has 2 rings (SSSR count). The third kappa shape index (κ3) is 2.42. The largest absolute Gasteiger partial charge is 0.396 e. The quantitative estimate of drug-likeness (QED) is 0.834. The normalized spacial score (nSPS) is 20.4. The van der Waals surface area contributed by atoms with Gasteiger partial charge in [-0.3, -0.25) is 4.79 Å². The van der Waals surface area contributed by atoms with Gasteiger partial charge in [-0.2, -0.15) is 0 Å². The molecule has 0 aliphatic carbocycles. The summed E-state index contributed by atoms with van der Waals surface area (Å²) in [6.45, 7) is 0.827. The number of benzene rings is 1. The number of likely N-dealkylation sites (tertiary alicyclic amines) is 1. The van der Waals surface area contributed by atoms with Crippen molar-refractivity contribution in [2.75, 3.05) is 6.61 Å². The van der Waals surface area contributed by atoms with Crippen LogP contribution >= 0.6 is 0 Å². The van der Waals surface area contributed by atoms with Crippen LogP contribution in [0.15, 0.2) is 30.3 Å². The van der Waals surface area contributed by atoms with Gasteiger partial charge in [-0.25, -0.2) is 0 Å². The zero-order valence-corrected chi connectivity index (χ0v) is 9.30.